The Kier molecular flexibility index (Phi) is 5.94. The molecule has 108 valence electrons. The minimum Gasteiger partial charge on any atom is -0.389 e. The van der Waals surface area contributed by atoms with Gasteiger partial charge in [0.25, 0.3) is 0 Å². The van der Waals surface area contributed by atoms with Crippen molar-refractivity contribution in [3.63, 3.8) is 0 Å². The van der Waals surface area contributed by atoms with Crippen LogP contribution in [0.2, 0.25) is 0 Å². The second-order valence-corrected chi connectivity index (χ2v) is 4.42. The van der Waals surface area contributed by atoms with E-state index in [0.717, 1.165) is 17.8 Å². The van der Waals surface area contributed by atoms with Crippen molar-refractivity contribution in [2.75, 3.05) is 37.6 Å². The Hall–Kier alpha value is -1.44. The second-order valence-electron chi connectivity index (χ2n) is 4.42. The fraction of sp³-hybridized carbons (Fsp3) is 0.667. The predicted molar refractivity (Wildman–Crippen MR) is 75.1 cm³/mol. The maximum Gasteiger partial charge on any atom is 0.148 e. The number of nitrogen functional groups attached to an aromatic ring is 1. The van der Waals surface area contributed by atoms with Crippen molar-refractivity contribution in [2.24, 2.45) is 5.84 Å². The summed E-state index contributed by atoms with van der Waals surface area (Å²) in [7, 11) is 3.43. The molecule has 0 saturated heterocycles. The number of nitrogens with one attached hydrogen (secondary N) is 1. The molecule has 7 nitrogen and oxygen atoms in total. The number of hydrogen-bond donors (Lipinski definition) is 3. The highest BCUT2D eigenvalue weighted by Gasteiger charge is 2.15. The van der Waals surface area contributed by atoms with Gasteiger partial charge >= 0.3 is 0 Å². The highest BCUT2D eigenvalue weighted by Crippen LogP contribution is 2.22. The third kappa shape index (κ3) is 4.02. The van der Waals surface area contributed by atoms with Crippen molar-refractivity contribution >= 4 is 11.6 Å². The summed E-state index contributed by atoms with van der Waals surface area (Å²) >= 11 is 0. The molecule has 1 aromatic heterocycles. The van der Waals surface area contributed by atoms with Gasteiger partial charge in [-0.3, -0.25) is 0 Å². The van der Waals surface area contributed by atoms with Crippen molar-refractivity contribution in [3.05, 3.63) is 11.4 Å². The van der Waals surface area contributed by atoms with Crippen molar-refractivity contribution in [2.45, 2.75) is 26.4 Å². The van der Waals surface area contributed by atoms with Gasteiger partial charge in [0.1, 0.15) is 17.5 Å². The first kappa shape index (κ1) is 15.6. The van der Waals surface area contributed by atoms with E-state index in [1.54, 1.807) is 7.11 Å². The van der Waals surface area contributed by atoms with E-state index in [2.05, 4.69) is 15.4 Å². The highest BCUT2D eigenvalue weighted by molar-refractivity contribution is 5.57. The van der Waals surface area contributed by atoms with Crippen LogP contribution in [0.4, 0.5) is 11.6 Å². The normalized spacial score (nSPS) is 12.3. The van der Waals surface area contributed by atoms with Crippen LogP contribution in [-0.4, -0.2) is 48.5 Å². The van der Waals surface area contributed by atoms with Gasteiger partial charge in [-0.2, -0.15) is 0 Å². The van der Waals surface area contributed by atoms with E-state index in [-0.39, 0.29) is 6.61 Å². The third-order valence-electron chi connectivity index (χ3n) is 2.82. The molecule has 7 heteroatoms. The van der Waals surface area contributed by atoms with Crippen LogP contribution >= 0.6 is 0 Å². The molecular weight excluding hydrogens is 246 g/mol. The molecule has 0 fully saturated rings. The highest BCUT2D eigenvalue weighted by atomic mass is 16.5. The monoisotopic (exact) mass is 269 g/mol. The van der Waals surface area contributed by atoms with Gasteiger partial charge in [0.05, 0.1) is 12.7 Å². The number of likely N-dealkylation sites (N-methyl/N-ethyl adjacent to an activating group) is 1. The molecule has 1 aromatic rings. The van der Waals surface area contributed by atoms with Crippen LogP contribution in [0.1, 0.15) is 18.3 Å². The van der Waals surface area contributed by atoms with E-state index in [1.165, 1.54) is 0 Å². The minimum absolute atomic E-state index is 0.289. The third-order valence-corrected chi connectivity index (χ3v) is 2.82. The van der Waals surface area contributed by atoms with Crippen LogP contribution in [0.25, 0.3) is 0 Å². The first-order chi connectivity index (χ1) is 9.03. The van der Waals surface area contributed by atoms with Crippen molar-refractivity contribution in [1.82, 2.24) is 9.97 Å². The van der Waals surface area contributed by atoms with E-state index in [4.69, 9.17) is 10.6 Å². The zero-order chi connectivity index (χ0) is 14.4. The Balaban J connectivity index is 2.97. The fourth-order valence-electron chi connectivity index (χ4n) is 1.87. The van der Waals surface area contributed by atoms with E-state index in [0.29, 0.717) is 18.2 Å². The summed E-state index contributed by atoms with van der Waals surface area (Å²) < 4.78 is 4.92. The number of hydrazine groups is 1. The van der Waals surface area contributed by atoms with Crippen LogP contribution in [0.15, 0.2) is 0 Å². The Morgan fingerprint density at radius 3 is 2.68 bits per heavy atom. The average molecular weight is 269 g/mol. The molecule has 0 amide bonds. The lowest BCUT2D eigenvalue weighted by molar-refractivity contribution is 0.0694. The summed E-state index contributed by atoms with van der Waals surface area (Å²) in [6.45, 7) is 4.59. The molecule has 0 aromatic carbocycles. The molecule has 0 bridgehead atoms. The Morgan fingerprint density at radius 2 is 2.16 bits per heavy atom. The minimum atomic E-state index is -0.566. The summed E-state index contributed by atoms with van der Waals surface area (Å²) in [6, 6.07) is 0. The molecule has 0 aliphatic carbocycles. The molecule has 0 aliphatic heterocycles. The van der Waals surface area contributed by atoms with Crippen LogP contribution in [-0.2, 0) is 11.2 Å². The van der Waals surface area contributed by atoms with Gasteiger partial charge < -0.3 is 20.2 Å². The quantitative estimate of drug-likeness (QED) is 0.476. The summed E-state index contributed by atoms with van der Waals surface area (Å²) in [5.41, 5.74) is 3.43. The lowest BCUT2D eigenvalue weighted by Crippen LogP contribution is -2.33. The van der Waals surface area contributed by atoms with Gasteiger partial charge in [0, 0.05) is 32.7 Å². The zero-order valence-corrected chi connectivity index (χ0v) is 12.0. The summed E-state index contributed by atoms with van der Waals surface area (Å²) in [4.78, 5) is 10.7. The Bertz CT molecular complexity index is 413. The number of aromatic nitrogens is 2. The SMILES string of the molecule is CCc1nc(NN)c(C)c(N(C)CC(O)COC)n1. The maximum absolute atomic E-state index is 9.77. The van der Waals surface area contributed by atoms with E-state index in [9.17, 15) is 5.11 Å². The van der Waals surface area contributed by atoms with Crippen molar-refractivity contribution in [1.29, 1.82) is 0 Å². The number of aryl methyl sites for hydroxylation is 1. The first-order valence-corrected chi connectivity index (χ1v) is 6.25. The fourth-order valence-corrected chi connectivity index (χ4v) is 1.87. The Labute approximate surface area is 113 Å². The van der Waals surface area contributed by atoms with Crippen molar-refractivity contribution in [3.8, 4) is 0 Å². The van der Waals surface area contributed by atoms with Crippen LogP contribution < -0.4 is 16.2 Å². The number of ether oxygens (including phenoxy) is 1. The second kappa shape index (κ2) is 7.22. The smallest absolute Gasteiger partial charge is 0.148 e. The van der Waals surface area contributed by atoms with Gasteiger partial charge in [-0.05, 0) is 6.92 Å². The molecule has 0 radical (unpaired) electrons. The van der Waals surface area contributed by atoms with Gasteiger partial charge in [0.15, 0.2) is 0 Å². The van der Waals surface area contributed by atoms with E-state index in [1.807, 2.05) is 25.8 Å². The molecule has 1 unspecified atom stereocenters. The number of aliphatic hydroxyl groups is 1. The molecular formula is C12H23N5O2. The van der Waals surface area contributed by atoms with Crippen LogP contribution in [0.3, 0.4) is 0 Å². The van der Waals surface area contributed by atoms with Crippen molar-refractivity contribution < 1.29 is 9.84 Å². The lowest BCUT2D eigenvalue weighted by atomic mass is 10.2. The van der Waals surface area contributed by atoms with Crippen LogP contribution in [0.5, 0.6) is 0 Å². The van der Waals surface area contributed by atoms with Gasteiger partial charge in [0.2, 0.25) is 0 Å². The summed E-state index contributed by atoms with van der Waals surface area (Å²) in [5.74, 6) is 7.54. The standard InChI is InChI=1S/C12H23N5O2/c1-5-10-14-11(16-13)8(2)12(15-10)17(3)6-9(18)7-19-4/h9,18H,5-7,13H2,1-4H3,(H,14,15,16). The van der Waals surface area contributed by atoms with E-state index >= 15 is 0 Å². The first-order valence-electron chi connectivity index (χ1n) is 6.25. The molecule has 19 heavy (non-hydrogen) atoms. The number of anilines is 2. The number of aliphatic hydroxyl groups excluding tert-OH is 1. The molecule has 0 spiro atoms. The number of methoxy groups -OCH3 is 1. The Morgan fingerprint density at radius 1 is 1.47 bits per heavy atom. The molecule has 0 saturated carbocycles. The molecule has 0 aliphatic rings. The topological polar surface area (TPSA) is 96.5 Å². The number of rotatable bonds is 7. The number of hydrogen-bond acceptors (Lipinski definition) is 7. The zero-order valence-electron chi connectivity index (χ0n) is 12.0. The molecule has 1 heterocycles. The maximum atomic E-state index is 9.77. The largest absolute Gasteiger partial charge is 0.389 e. The number of nitrogens with zero attached hydrogens (tertiary/aromatic N) is 3. The van der Waals surface area contributed by atoms with Gasteiger partial charge in [-0.15, -0.1) is 0 Å². The predicted octanol–water partition coefficient (Wildman–Crippen LogP) is 0.0765. The van der Waals surface area contributed by atoms with E-state index < -0.39 is 6.10 Å². The van der Waals surface area contributed by atoms with Gasteiger partial charge in [-0.25, -0.2) is 15.8 Å². The average Bonchev–Trinajstić information content (AvgIpc) is 2.39. The molecule has 1 atom stereocenters. The molecule has 4 N–H and O–H groups in total. The lowest BCUT2D eigenvalue weighted by Gasteiger charge is -2.24. The molecule has 1 rings (SSSR count). The van der Waals surface area contributed by atoms with Gasteiger partial charge in [-0.1, -0.05) is 6.92 Å². The van der Waals surface area contributed by atoms with Crippen LogP contribution in [0, 0.1) is 6.92 Å². The summed E-state index contributed by atoms with van der Waals surface area (Å²) in [5, 5.41) is 9.77. The summed E-state index contributed by atoms with van der Waals surface area (Å²) in [6.07, 6.45) is 0.153. The number of nitrogens with two attached hydrogens (primary N) is 1.